The Morgan fingerprint density at radius 1 is 1.09 bits per heavy atom. The van der Waals surface area contributed by atoms with E-state index in [1.165, 1.54) is 24.8 Å². The molecule has 0 saturated heterocycles. The van der Waals surface area contributed by atoms with Crippen LogP contribution in [-0.4, -0.2) is 22.7 Å². The van der Waals surface area contributed by atoms with Gasteiger partial charge in [-0.05, 0) is 37.1 Å². The fourth-order valence-corrected chi connectivity index (χ4v) is 2.46. The Morgan fingerprint density at radius 3 is 2.70 bits per heavy atom. The Labute approximate surface area is 139 Å². The molecule has 126 valence electrons. The van der Waals surface area contributed by atoms with Crippen LogP contribution in [-0.2, 0) is 13.1 Å². The fraction of sp³-hybridized carbons (Fsp3) is 0.526. The van der Waals surface area contributed by atoms with E-state index in [1.54, 1.807) is 0 Å². The number of aryl methyl sites for hydroxylation is 1. The van der Waals surface area contributed by atoms with E-state index in [9.17, 15) is 0 Å². The third-order valence-electron chi connectivity index (χ3n) is 3.85. The van der Waals surface area contributed by atoms with Gasteiger partial charge >= 0.3 is 0 Å². The van der Waals surface area contributed by atoms with Gasteiger partial charge in [-0.2, -0.15) is 0 Å². The lowest BCUT2D eigenvalue weighted by molar-refractivity contribution is 0.305. The normalized spacial score (nSPS) is 10.8. The molecule has 4 nitrogen and oxygen atoms in total. The number of aromatic nitrogens is 2. The Kier molecular flexibility index (Phi) is 8.27. The van der Waals surface area contributed by atoms with Crippen LogP contribution in [0, 0.1) is 0 Å². The predicted octanol–water partition coefficient (Wildman–Crippen LogP) is 4.02. The van der Waals surface area contributed by atoms with Gasteiger partial charge in [-0.3, -0.25) is 0 Å². The third kappa shape index (κ3) is 7.33. The van der Waals surface area contributed by atoms with Crippen LogP contribution in [0.5, 0.6) is 5.75 Å². The molecule has 2 aromatic rings. The Hall–Kier alpha value is -1.81. The summed E-state index contributed by atoms with van der Waals surface area (Å²) in [5, 5.41) is 3.48. The highest BCUT2D eigenvalue weighted by Gasteiger charge is 1.97. The second-order valence-electron chi connectivity index (χ2n) is 5.88. The summed E-state index contributed by atoms with van der Waals surface area (Å²) in [5.41, 5.74) is 1.30. The predicted molar refractivity (Wildman–Crippen MR) is 94.6 cm³/mol. The van der Waals surface area contributed by atoms with Crippen molar-refractivity contribution in [3.05, 3.63) is 48.5 Å². The van der Waals surface area contributed by atoms with Crippen LogP contribution in [0.4, 0.5) is 0 Å². The van der Waals surface area contributed by atoms with Gasteiger partial charge in [0.05, 0.1) is 12.9 Å². The molecule has 0 spiro atoms. The van der Waals surface area contributed by atoms with Gasteiger partial charge in [0, 0.05) is 25.5 Å². The number of ether oxygens (including phenoxy) is 1. The zero-order chi connectivity index (χ0) is 16.2. The molecule has 0 atom stereocenters. The van der Waals surface area contributed by atoms with Gasteiger partial charge in [-0.25, -0.2) is 4.98 Å². The maximum atomic E-state index is 5.76. The molecule has 0 amide bonds. The van der Waals surface area contributed by atoms with Crippen molar-refractivity contribution >= 4 is 0 Å². The lowest BCUT2D eigenvalue weighted by Crippen LogP contribution is -2.16. The van der Waals surface area contributed by atoms with E-state index in [0.717, 1.165) is 44.8 Å². The number of imidazole rings is 1. The smallest absolute Gasteiger partial charge is 0.119 e. The highest BCUT2D eigenvalue weighted by atomic mass is 16.5. The molecule has 0 bridgehead atoms. The van der Waals surface area contributed by atoms with Gasteiger partial charge in [-0.15, -0.1) is 0 Å². The summed E-state index contributed by atoms with van der Waals surface area (Å²) >= 11 is 0. The molecule has 0 fully saturated rings. The quantitative estimate of drug-likeness (QED) is 0.601. The third-order valence-corrected chi connectivity index (χ3v) is 3.85. The molecule has 0 aliphatic carbocycles. The number of benzene rings is 1. The first-order chi connectivity index (χ1) is 11.4. The van der Waals surface area contributed by atoms with E-state index in [1.807, 2.05) is 18.7 Å². The molecule has 0 saturated carbocycles. The SMILES string of the molecule is CCCCCCOc1ccc(CNCCCn2ccnc2)cc1. The summed E-state index contributed by atoms with van der Waals surface area (Å²) in [7, 11) is 0. The second kappa shape index (κ2) is 10.8. The van der Waals surface area contributed by atoms with E-state index in [-0.39, 0.29) is 0 Å². The highest BCUT2D eigenvalue weighted by molar-refractivity contribution is 5.27. The Morgan fingerprint density at radius 2 is 1.96 bits per heavy atom. The molecular weight excluding hydrogens is 286 g/mol. The first-order valence-electron chi connectivity index (χ1n) is 8.76. The molecule has 1 aromatic carbocycles. The first-order valence-corrected chi connectivity index (χ1v) is 8.76. The van der Waals surface area contributed by atoms with Crippen LogP contribution >= 0.6 is 0 Å². The Bertz CT molecular complexity index is 508. The molecule has 1 N–H and O–H groups in total. The van der Waals surface area contributed by atoms with Gasteiger partial charge in [0.1, 0.15) is 5.75 Å². The van der Waals surface area contributed by atoms with Crippen molar-refractivity contribution in [2.75, 3.05) is 13.2 Å². The molecule has 0 radical (unpaired) electrons. The highest BCUT2D eigenvalue weighted by Crippen LogP contribution is 2.13. The zero-order valence-electron chi connectivity index (χ0n) is 14.2. The monoisotopic (exact) mass is 315 g/mol. The van der Waals surface area contributed by atoms with Gasteiger partial charge < -0.3 is 14.6 Å². The van der Waals surface area contributed by atoms with Crippen LogP contribution in [0.15, 0.2) is 43.0 Å². The molecule has 2 rings (SSSR count). The van der Waals surface area contributed by atoms with Crippen molar-refractivity contribution in [1.29, 1.82) is 0 Å². The first kappa shape index (κ1) is 17.5. The molecule has 1 aromatic heterocycles. The topological polar surface area (TPSA) is 39.1 Å². The van der Waals surface area contributed by atoms with Gasteiger partial charge in [0.15, 0.2) is 0 Å². The maximum absolute atomic E-state index is 5.76. The van der Waals surface area contributed by atoms with E-state index in [4.69, 9.17) is 4.74 Å². The maximum Gasteiger partial charge on any atom is 0.119 e. The second-order valence-corrected chi connectivity index (χ2v) is 5.88. The number of rotatable bonds is 12. The van der Waals surface area contributed by atoms with Gasteiger partial charge in [0.25, 0.3) is 0 Å². The summed E-state index contributed by atoms with van der Waals surface area (Å²) in [6.07, 6.45) is 11.8. The van der Waals surface area contributed by atoms with Crippen molar-refractivity contribution in [2.24, 2.45) is 0 Å². The minimum absolute atomic E-state index is 0.825. The summed E-state index contributed by atoms with van der Waals surface area (Å²) in [5.74, 6) is 0.977. The van der Waals surface area contributed by atoms with Gasteiger partial charge in [0.2, 0.25) is 0 Å². The van der Waals surface area contributed by atoms with E-state index in [0.29, 0.717) is 0 Å². The lowest BCUT2D eigenvalue weighted by Gasteiger charge is -2.08. The minimum Gasteiger partial charge on any atom is -0.494 e. The Balaban J connectivity index is 1.55. The van der Waals surface area contributed by atoms with Crippen LogP contribution in [0.25, 0.3) is 0 Å². The van der Waals surface area contributed by atoms with E-state index >= 15 is 0 Å². The van der Waals surface area contributed by atoms with Crippen LogP contribution in [0.1, 0.15) is 44.6 Å². The average Bonchev–Trinajstić information content (AvgIpc) is 3.09. The van der Waals surface area contributed by atoms with Crippen LogP contribution < -0.4 is 10.1 Å². The zero-order valence-corrected chi connectivity index (χ0v) is 14.2. The van der Waals surface area contributed by atoms with Crippen LogP contribution in [0.2, 0.25) is 0 Å². The van der Waals surface area contributed by atoms with E-state index in [2.05, 4.69) is 46.1 Å². The number of hydrogen-bond acceptors (Lipinski definition) is 3. The number of nitrogens with zero attached hydrogens (tertiary/aromatic N) is 2. The summed E-state index contributed by atoms with van der Waals surface area (Å²) < 4.78 is 7.87. The molecule has 1 heterocycles. The summed E-state index contributed by atoms with van der Waals surface area (Å²) in [6.45, 7) is 5.98. The minimum atomic E-state index is 0.825. The molecule has 0 aliphatic heterocycles. The molecule has 0 unspecified atom stereocenters. The molecular formula is C19H29N3O. The van der Waals surface area contributed by atoms with Crippen molar-refractivity contribution < 1.29 is 4.74 Å². The number of nitrogens with one attached hydrogen (secondary N) is 1. The average molecular weight is 315 g/mol. The largest absolute Gasteiger partial charge is 0.494 e. The van der Waals surface area contributed by atoms with Gasteiger partial charge in [-0.1, -0.05) is 38.3 Å². The summed E-state index contributed by atoms with van der Waals surface area (Å²) in [4.78, 5) is 4.04. The molecule has 23 heavy (non-hydrogen) atoms. The lowest BCUT2D eigenvalue weighted by atomic mass is 10.2. The summed E-state index contributed by atoms with van der Waals surface area (Å²) in [6, 6.07) is 8.43. The fourth-order valence-electron chi connectivity index (χ4n) is 2.46. The van der Waals surface area contributed by atoms with Crippen LogP contribution in [0.3, 0.4) is 0 Å². The molecule has 0 aliphatic rings. The number of unbranched alkanes of at least 4 members (excludes halogenated alkanes) is 3. The number of hydrogen-bond donors (Lipinski definition) is 1. The van der Waals surface area contributed by atoms with E-state index < -0.39 is 0 Å². The van der Waals surface area contributed by atoms with Crippen molar-refractivity contribution in [3.63, 3.8) is 0 Å². The molecule has 4 heteroatoms. The van der Waals surface area contributed by atoms with Crippen molar-refractivity contribution in [3.8, 4) is 5.75 Å². The van der Waals surface area contributed by atoms with Crippen molar-refractivity contribution in [1.82, 2.24) is 14.9 Å². The standard InChI is InChI=1S/C19H29N3O/c1-2-3-4-5-15-23-19-9-7-18(8-10-19)16-20-11-6-13-22-14-12-21-17-22/h7-10,12,14,17,20H,2-6,11,13,15-16H2,1H3. The van der Waals surface area contributed by atoms with Crippen molar-refractivity contribution in [2.45, 2.75) is 52.1 Å².